The van der Waals surface area contributed by atoms with Crippen molar-refractivity contribution < 1.29 is 22.8 Å². The van der Waals surface area contributed by atoms with Gasteiger partial charge in [-0.3, -0.25) is 14.5 Å². The molecular formula is C17H18F3N3O2. The molecule has 1 atom stereocenters. The second kappa shape index (κ2) is 6.51. The van der Waals surface area contributed by atoms with E-state index in [4.69, 9.17) is 0 Å². The maximum Gasteiger partial charge on any atom is 0.416 e. The maximum absolute atomic E-state index is 12.7. The van der Waals surface area contributed by atoms with Crippen molar-refractivity contribution in [1.82, 2.24) is 9.80 Å². The van der Waals surface area contributed by atoms with Gasteiger partial charge in [-0.15, -0.1) is 0 Å². The number of carbonyl (C=O) groups is 2. The van der Waals surface area contributed by atoms with Crippen molar-refractivity contribution >= 4 is 17.5 Å². The predicted octanol–water partition coefficient (Wildman–Crippen LogP) is 1.75. The van der Waals surface area contributed by atoms with Crippen LogP contribution in [-0.4, -0.2) is 60.4 Å². The summed E-state index contributed by atoms with van der Waals surface area (Å²) in [5.41, 5.74) is -0.312. The summed E-state index contributed by atoms with van der Waals surface area (Å²) < 4.78 is 38.0. The summed E-state index contributed by atoms with van der Waals surface area (Å²) in [6, 6.07) is 4.53. The van der Waals surface area contributed by atoms with Crippen LogP contribution in [0.4, 0.5) is 18.9 Å². The van der Waals surface area contributed by atoms with Crippen LogP contribution in [0.25, 0.3) is 0 Å². The SMILES string of the molecule is C=CC(=O)N1CCN2CC(=O)N(c3ccc(C(F)(F)F)cc3)CC2C1. The molecule has 1 aromatic rings. The molecule has 2 fully saturated rings. The number of benzene rings is 1. The number of rotatable bonds is 2. The molecule has 1 unspecified atom stereocenters. The fourth-order valence-corrected chi connectivity index (χ4v) is 3.25. The molecule has 2 heterocycles. The molecule has 0 N–H and O–H groups in total. The van der Waals surface area contributed by atoms with Gasteiger partial charge in [0.05, 0.1) is 12.1 Å². The van der Waals surface area contributed by atoms with Gasteiger partial charge in [0.15, 0.2) is 0 Å². The smallest absolute Gasteiger partial charge is 0.336 e. The number of piperazine rings is 2. The van der Waals surface area contributed by atoms with E-state index >= 15 is 0 Å². The van der Waals surface area contributed by atoms with Gasteiger partial charge in [-0.25, -0.2) is 0 Å². The molecule has 2 saturated heterocycles. The van der Waals surface area contributed by atoms with Crippen LogP contribution in [0.2, 0.25) is 0 Å². The average molecular weight is 353 g/mol. The van der Waals surface area contributed by atoms with Crippen molar-refractivity contribution in [3.8, 4) is 0 Å². The van der Waals surface area contributed by atoms with Crippen LogP contribution in [0.3, 0.4) is 0 Å². The van der Waals surface area contributed by atoms with E-state index in [1.54, 1.807) is 4.90 Å². The van der Waals surface area contributed by atoms with Gasteiger partial charge in [0.1, 0.15) is 0 Å². The van der Waals surface area contributed by atoms with Crippen LogP contribution < -0.4 is 4.90 Å². The highest BCUT2D eigenvalue weighted by Gasteiger charge is 2.37. The molecule has 0 bridgehead atoms. The molecule has 0 aromatic heterocycles. The zero-order chi connectivity index (χ0) is 18.2. The van der Waals surface area contributed by atoms with Crippen LogP contribution in [0.5, 0.6) is 0 Å². The lowest BCUT2D eigenvalue weighted by molar-refractivity contribution is -0.137. The van der Waals surface area contributed by atoms with Crippen molar-refractivity contribution in [1.29, 1.82) is 0 Å². The standard InChI is InChI=1S/C17H18F3N3O2/c1-2-15(24)22-8-7-21-11-16(25)23(10-14(21)9-22)13-5-3-12(4-6-13)17(18,19)20/h2-6,14H,1,7-11H2. The van der Waals surface area contributed by atoms with Gasteiger partial charge in [-0.05, 0) is 30.3 Å². The molecule has 1 aromatic carbocycles. The van der Waals surface area contributed by atoms with Crippen molar-refractivity contribution in [3.63, 3.8) is 0 Å². The largest absolute Gasteiger partial charge is 0.416 e. The number of nitrogens with zero attached hydrogens (tertiary/aromatic N) is 3. The van der Waals surface area contributed by atoms with Gasteiger partial charge in [-0.2, -0.15) is 13.2 Å². The Kier molecular flexibility index (Phi) is 4.55. The van der Waals surface area contributed by atoms with Crippen molar-refractivity contribution in [2.24, 2.45) is 0 Å². The zero-order valence-electron chi connectivity index (χ0n) is 13.5. The minimum Gasteiger partial charge on any atom is -0.336 e. The number of alkyl halides is 3. The molecule has 0 saturated carbocycles. The molecule has 3 rings (SSSR count). The number of hydrogen-bond acceptors (Lipinski definition) is 3. The summed E-state index contributed by atoms with van der Waals surface area (Å²) in [5, 5.41) is 0. The third-order valence-corrected chi connectivity index (χ3v) is 4.63. The Morgan fingerprint density at radius 2 is 1.84 bits per heavy atom. The zero-order valence-corrected chi connectivity index (χ0v) is 13.5. The molecule has 2 amide bonds. The Labute approximate surface area is 143 Å². The number of halogens is 3. The van der Waals surface area contributed by atoms with Crippen LogP contribution in [0.15, 0.2) is 36.9 Å². The van der Waals surface area contributed by atoms with Crippen LogP contribution in [-0.2, 0) is 15.8 Å². The summed E-state index contributed by atoms with van der Waals surface area (Å²) in [6.45, 7) is 5.61. The first-order chi connectivity index (χ1) is 11.8. The summed E-state index contributed by atoms with van der Waals surface area (Å²) in [5.74, 6) is -0.308. The highest BCUT2D eigenvalue weighted by molar-refractivity contribution is 5.96. The van der Waals surface area contributed by atoms with Crippen LogP contribution in [0, 0.1) is 0 Å². The number of fused-ring (bicyclic) bond motifs is 1. The Morgan fingerprint density at radius 3 is 2.44 bits per heavy atom. The highest BCUT2D eigenvalue weighted by atomic mass is 19.4. The molecule has 134 valence electrons. The van der Waals surface area contributed by atoms with E-state index in [-0.39, 0.29) is 24.4 Å². The summed E-state index contributed by atoms with van der Waals surface area (Å²) in [7, 11) is 0. The highest BCUT2D eigenvalue weighted by Crippen LogP contribution is 2.31. The van der Waals surface area contributed by atoms with E-state index in [0.717, 1.165) is 12.1 Å². The average Bonchev–Trinajstić information content (AvgIpc) is 2.59. The molecule has 0 aliphatic carbocycles. The minimum atomic E-state index is -4.41. The summed E-state index contributed by atoms with van der Waals surface area (Å²) in [4.78, 5) is 29.3. The first-order valence-electron chi connectivity index (χ1n) is 7.92. The van der Waals surface area contributed by atoms with Gasteiger partial charge >= 0.3 is 6.18 Å². The molecule has 25 heavy (non-hydrogen) atoms. The molecule has 8 heteroatoms. The Balaban J connectivity index is 1.76. The number of hydrogen-bond donors (Lipinski definition) is 0. The lowest BCUT2D eigenvalue weighted by Crippen LogP contribution is -2.64. The number of anilines is 1. The van der Waals surface area contributed by atoms with Gasteiger partial charge in [0, 0.05) is 37.9 Å². The van der Waals surface area contributed by atoms with E-state index in [1.807, 2.05) is 4.90 Å². The molecular weight excluding hydrogens is 335 g/mol. The second-order valence-electron chi connectivity index (χ2n) is 6.16. The van der Waals surface area contributed by atoms with E-state index < -0.39 is 11.7 Å². The van der Waals surface area contributed by atoms with Crippen molar-refractivity contribution in [2.45, 2.75) is 12.2 Å². The molecule has 2 aliphatic heterocycles. The van der Waals surface area contributed by atoms with Crippen molar-refractivity contribution in [2.75, 3.05) is 37.6 Å². The quantitative estimate of drug-likeness (QED) is 0.761. The molecule has 5 nitrogen and oxygen atoms in total. The van der Waals surface area contributed by atoms with Crippen LogP contribution >= 0.6 is 0 Å². The summed E-state index contributed by atoms with van der Waals surface area (Å²) >= 11 is 0. The lowest BCUT2D eigenvalue weighted by Gasteiger charge is -2.46. The molecule has 2 aliphatic rings. The van der Waals surface area contributed by atoms with Crippen molar-refractivity contribution in [3.05, 3.63) is 42.5 Å². The Hall–Kier alpha value is -2.35. The third-order valence-electron chi connectivity index (χ3n) is 4.63. The van der Waals surface area contributed by atoms with Gasteiger partial charge in [0.25, 0.3) is 0 Å². The minimum absolute atomic E-state index is 0.0438. The first kappa shape index (κ1) is 17.5. The number of amides is 2. The molecule has 0 spiro atoms. The fourth-order valence-electron chi connectivity index (χ4n) is 3.25. The van der Waals surface area contributed by atoms with E-state index in [0.29, 0.717) is 31.9 Å². The maximum atomic E-state index is 12.7. The first-order valence-corrected chi connectivity index (χ1v) is 7.92. The monoisotopic (exact) mass is 353 g/mol. The van der Waals surface area contributed by atoms with E-state index in [2.05, 4.69) is 6.58 Å². The lowest BCUT2D eigenvalue weighted by atomic mass is 10.1. The fraction of sp³-hybridized carbons (Fsp3) is 0.412. The topological polar surface area (TPSA) is 43.9 Å². The predicted molar refractivity (Wildman–Crippen MR) is 85.9 cm³/mol. The third kappa shape index (κ3) is 3.53. The second-order valence-corrected chi connectivity index (χ2v) is 6.16. The molecule has 0 radical (unpaired) electrons. The Bertz CT molecular complexity index is 687. The van der Waals surface area contributed by atoms with Crippen LogP contribution in [0.1, 0.15) is 5.56 Å². The van der Waals surface area contributed by atoms with Gasteiger partial charge < -0.3 is 9.80 Å². The normalized spacial score (nSPS) is 21.9. The van der Waals surface area contributed by atoms with E-state index in [9.17, 15) is 22.8 Å². The van der Waals surface area contributed by atoms with Gasteiger partial charge in [0.2, 0.25) is 11.8 Å². The van der Waals surface area contributed by atoms with E-state index in [1.165, 1.54) is 23.1 Å². The summed E-state index contributed by atoms with van der Waals surface area (Å²) in [6.07, 6.45) is -3.15. The Morgan fingerprint density at radius 1 is 1.16 bits per heavy atom. The van der Waals surface area contributed by atoms with Gasteiger partial charge in [-0.1, -0.05) is 6.58 Å². The number of carbonyl (C=O) groups excluding carboxylic acids is 2.